The average Bonchev–Trinajstić information content (AvgIpc) is 2.54. The summed E-state index contributed by atoms with van der Waals surface area (Å²) in [6.07, 6.45) is 3.82. The molecule has 5 nitrogen and oxygen atoms in total. The number of carbonyl (C=O) groups excluding carboxylic acids is 1. The first-order chi connectivity index (χ1) is 10.9. The minimum atomic E-state index is -3.34. The van der Waals surface area contributed by atoms with Gasteiger partial charge in [0.15, 0.2) is 0 Å². The van der Waals surface area contributed by atoms with E-state index in [1.807, 2.05) is 26.0 Å². The van der Waals surface area contributed by atoms with Crippen LogP contribution in [0, 0.1) is 0 Å². The van der Waals surface area contributed by atoms with E-state index in [4.69, 9.17) is 0 Å². The fourth-order valence-electron chi connectivity index (χ4n) is 2.98. The van der Waals surface area contributed by atoms with Crippen LogP contribution in [0.5, 0.6) is 0 Å². The molecule has 0 saturated carbocycles. The number of aryl methyl sites for hydroxylation is 1. The highest BCUT2D eigenvalue weighted by atomic mass is 32.2. The third-order valence-corrected chi connectivity index (χ3v) is 4.61. The van der Waals surface area contributed by atoms with Crippen LogP contribution in [0.1, 0.15) is 50.7 Å². The van der Waals surface area contributed by atoms with Gasteiger partial charge in [0.2, 0.25) is 15.9 Å². The zero-order chi connectivity index (χ0) is 17.5. The monoisotopic (exact) mass is 340 g/mol. The third-order valence-electron chi connectivity index (χ3n) is 3.95. The first-order valence-electron chi connectivity index (χ1n) is 8.22. The summed E-state index contributed by atoms with van der Waals surface area (Å²) < 4.78 is 24.3. The van der Waals surface area contributed by atoms with E-state index >= 15 is 0 Å². The lowest BCUT2D eigenvalue weighted by Crippen LogP contribution is -2.45. The molecule has 6 heteroatoms. The second kappa shape index (κ2) is 9.03. The van der Waals surface area contributed by atoms with Crippen LogP contribution in [-0.2, 0) is 21.2 Å². The lowest BCUT2D eigenvalue weighted by molar-refractivity contribution is -0.120. The second-order valence-electron chi connectivity index (χ2n) is 5.52. The zero-order valence-corrected chi connectivity index (χ0v) is 15.2. The fraction of sp³-hybridized carbons (Fsp3) is 0.588. The standard InChI is InChI=1S/C15H22N2O3S.C2H6/c1-3-12-13-7-5-4-6-11(13)8-9-14(12)17-15(18)10-16-21(2,19)20;1-2/h4-7,12,14,16H,3,8-10H2,1-2H3,(H,17,18);1-2H3. The Labute approximate surface area is 139 Å². The minimum Gasteiger partial charge on any atom is -0.352 e. The maximum absolute atomic E-state index is 11.9. The van der Waals surface area contributed by atoms with E-state index in [0.29, 0.717) is 0 Å². The number of benzene rings is 1. The SMILES string of the molecule is CC.CCC1c2ccccc2CCC1NC(=O)CNS(C)(=O)=O. The highest BCUT2D eigenvalue weighted by molar-refractivity contribution is 7.88. The molecule has 2 atom stereocenters. The van der Waals surface area contributed by atoms with E-state index < -0.39 is 10.0 Å². The summed E-state index contributed by atoms with van der Waals surface area (Å²) in [4.78, 5) is 11.9. The van der Waals surface area contributed by atoms with Crippen LogP contribution >= 0.6 is 0 Å². The van der Waals surface area contributed by atoms with Crippen LogP contribution in [0.15, 0.2) is 24.3 Å². The Balaban J connectivity index is 0.00000127. The van der Waals surface area contributed by atoms with Crippen molar-refractivity contribution in [2.45, 2.75) is 52.0 Å². The van der Waals surface area contributed by atoms with E-state index in [1.54, 1.807) is 0 Å². The number of fused-ring (bicyclic) bond motifs is 1. The average molecular weight is 340 g/mol. The van der Waals surface area contributed by atoms with Crippen LogP contribution in [0.2, 0.25) is 0 Å². The predicted molar refractivity (Wildman–Crippen MR) is 93.9 cm³/mol. The van der Waals surface area contributed by atoms with Crippen LogP contribution in [-0.4, -0.2) is 33.2 Å². The Hall–Kier alpha value is -1.40. The summed E-state index contributed by atoms with van der Waals surface area (Å²) in [5.41, 5.74) is 2.65. The molecule has 0 aromatic heterocycles. The van der Waals surface area contributed by atoms with Crippen molar-refractivity contribution in [3.63, 3.8) is 0 Å². The van der Waals surface area contributed by atoms with Gasteiger partial charge in [-0.05, 0) is 30.4 Å². The van der Waals surface area contributed by atoms with Gasteiger partial charge in [-0.25, -0.2) is 13.1 Å². The first-order valence-corrected chi connectivity index (χ1v) is 10.1. The number of sulfonamides is 1. The number of rotatable bonds is 5. The first kappa shape index (κ1) is 19.6. The van der Waals surface area contributed by atoms with Crippen LogP contribution < -0.4 is 10.0 Å². The van der Waals surface area contributed by atoms with Crippen LogP contribution in [0.3, 0.4) is 0 Å². The number of nitrogens with one attached hydrogen (secondary N) is 2. The lowest BCUT2D eigenvalue weighted by Gasteiger charge is -2.33. The summed E-state index contributed by atoms with van der Waals surface area (Å²) in [6.45, 7) is 5.91. The Morgan fingerprint density at radius 3 is 2.52 bits per heavy atom. The summed E-state index contributed by atoms with van der Waals surface area (Å²) in [6, 6.07) is 8.40. The maximum Gasteiger partial charge on any atom is 0.235 e. The van der Waals surface area contributed by atoms with Gasteiger partial charge >= 0.3 is 0 Å². The Morgan fingerprint density at radius 1 is 1.26 bits per heavy atom. The van der Waals surface area contributed by atoms with Crippen molar-refractivity contribution < 1.29 is 13.2 Å². The summed E-state index contributed by atoms with van der Waals surface area (Å²) in [7, 11) is -3.34. The van der Waals surface area contributed by atoms with Crippen molar-refractivity contribution in [2.24, 2.45) is 0 Å². The number of amides is 1. The van der Waals surface area contributed by atoms with Crippen molar-refractivity contribution in [1.29, 1.82) is 0 Å². The van der Waals surface area contributed by atoms with E-state index in [-0.39, 0.29) is 24.4 Å². The van der Waals surface area contributed by atoms with E-state index in [1.165, 1.54) is 11.1 Å². The topological polar surface area (TPSA) is 75.3 Å². The quantitative estimate of drug-likeness (QED) is 0.863. The van der Waals surface area contributed by atoms with Gasteiger partial charge in [0, 0.05) is 12.0 Å². The van der Waals surface area contributed by atoms with Gasteiger partial charge in [-0.2, -0.15) is 0 Å². The third kappa shape index (κ3) is 5.95. The molecular weight excluding hydrogens is 312 g/mol. The molecule has 1 amide bonds. The minimum absolute atomic E-state index is 0.0683. The molecule has 0 aliphatic heterocycles. The summed E-state index contributed by atoms with van der Waals surface area (Å²) in [5.74, 6) is 0.0142. The highest BCUT2D eigenvalue weighted by Crippen LogP contribution is 2.33. The molecule has 0 heterocycles. The molecule has 1 aliphatic carbocycles. The number of hydrogen-bond acceptors (Lipinski definition) is 3. The number of hydrogen-bond donors (Lipinski definition) is 2. The number of carbonyl (C=O) groups is 1. The van der Waals surface area contributed by atoms with E-state index in [0.717, 1.165) is 25.5 Å². The molecule has 130 valence electrons. The van der Waals surface area contributed by atoms with E-state index in [2.05, 4.69) is 29.1 Å². The van der Waals surface area contributed by atoms with Gasteiger partial charge in [0.05, 0.1) is 12.8 Å². The van der Waals surface area contributed by atoms with Gasteiger partial charge in [-0.3, -0.25) is 4.79 Å². The molecule has 23 heavy (non-hydrogen) atoms. The van der Waals surface area contributed by atoms with Gasteiger partial charge in [0.25, 0.3) is 0 Å². The van der Waals surface area contributed by atoms with Gasteiger partial charge < -0.3 is 5.32 Å². The fourth-order valence-corrected chi connectivity index (χ4v) is 3.38. The van der Waals surface area contributed by atoms with Crippen molar-refractivity contribution >= 4 is 15.9 Å². The van der Waals surface area contributed by atoms with Gasteiger partial charge in [0.1, 0.15) is 0 Å². The molecule has 1 aliphatic rings. The molecule has 0 spiro atoms. The normalized spacial score (nSPS) is 20.0. The lowest BCUT2D eigenvalue weighted by atomic mass is 9.78. The molecule has 0 radical (unpaired) electrons. The zero-order valence-electron chi connectivity index (χ0n) is 14.4. The molecular formula is C17H28N2O3S. The van der Waals surface area contributed by atoms with Gasteiger partial charge in [-0.15, -0.1) is 0 Å². The Bertz CT molecular complexity index is 614. The Morgan fingerprint density at radius 2 is 1.91 bits per heavy atom. The van der Waals surface area contributed by atoms with Crippen LogP contribution in [0.25, 0.3) is 0 Å². The molecule has 0 fully saturated rings. The molecule has 2 rings (SSSR count). The van der Waals surface area contributed by atoms with Crippen molar-refractivity contribution in [1.82, 2.24) is 10.0 Å². The van der Waals surface area contributed by atoms with E-state index in [9.17, 15) is 13.2 Å². The van der Waals surface area contributed by atoms with Crippen molar-refractivity contribution in [3.05, 3.63) is 35.4 Å². The van der Waals surface area contributed by atoms with Crippen molar-refractivity contribution in [3.8, 4) is 0 Å². The summed E-state index contributed by atoms with van der Waals surface area (Å²) in [5, 5.41) is 2.97. The molecule has 1 aromatic rings. The molecule has 0 saturated heterocycles. The smallest absolute Gasteiger partial charge is 0.235 e. The van der Waals surface area contributed by atoms with Crippen molar-refractivity contribution in [2.75, 3.05) is 12.8 Å². The Kier molecular flexibility index (Phi) is 7.72. The molecule has 1 aromatic carbocycles. The predicted octanol–water partition coefficient (Wildman–Crippen LogP) is 2.19. The van der Waals surface area contributed by atoms with Crippen LogP contribution in [0.4, 0.5) is 0 Å². The largest absolute Gasteiger partial charge is 0.352 e. The molecule has 2 unspecified atom stereocenters. The highest BCUT2D eigenvalue weighted by Gasteiger charge is 2.29. The second-order valence-corrected chi connectivity index (χ2v) is 7.35. The van der Waals surface area contributed by atoms with Gasteiger partial charge in [-0.1, -0.05) is 45.0 Å². The molecule has 0 bridgehead atoms. The maximum atomic E-state index is 11.9. The summed E-state index contributed by atoms with van der Waals surface area (Å²) >= 11 is 0. The molecule has 2 N–H and O–H groups in total.